The predicted octanol–water partition coefficient (Wildman–Crippen LogP) is 2.34. The second-order valence-corrected chi connectivity index (χ2v) is 6.01. The van der Waals surface area contributed by atoms with Crippen molar-refractivity contribution in [2.24, 2.45) is 5.92 Å². The summed E-state index contributed by atoms with van der Waals surface area (Å²) in [5.41, 5.74) is 1.19. The molecule has 2 rings (SSSR count). The zero-order chi connectivity index (χ0) is 14.7. The minimum absolute atomic E-state index is 0.0889. The van der Waals surface area contributed by atoms with E-state index >= 15 is 0 Å². The lowest BCUT2D eigenvalue weighted by molar-refractivity contribution is 0.110. The number of carbonyl (C=O) groups is 1. The number of rotatable bonds is 2. The van der Waals surface area contributed by atoms with Gasteiger partial charge in [-0.25, -0.2) is 4.79 Å². The average molecular weight is 275 g/mol. The fourth-order valence-electron chi connectivity index (χ4n) is 2.66. The van der Waals surface area contributed by atoms with Crippen molar-refractivity contribution < 1.29 is 4.79 Å². The second kappa shape index (κ2) is 6.27. The van der Waals surface area contributed by atoms with E-state index in [1.54, 1.807) is 4.90 Å². The summed E-state index contributed by atoms with van der Waals surface area (Å²) < 4.78 is 0. The van der Waals surface area contributed by atoms with Gasteiger partial charge < -0.3 is 15.1 Å². The molecule has 2 atom stereocenters. The molecule has 1 saturated heterocycles. The zero-order valence-electron chi connectivity index (χ0n) is 12.8. The van der Waals surface area contributed by atoms with Gasteiger partial charge in [-0.1, -0.05) is 44.2 Å². The summed E-state index contributed by atoms with van der Waals surface area (Å²) in [6, 6.07) is 10.8. The molecule has 2 amide bonds. The molecule has 110 valence electrons. The number of hydrogen-bond acceptors (Lipinski definition) is 2. The molecule has 4 heteroatoms. The Morgan fingerprint density at radius 2 is 1.95 bits per heavy atom. The molecule has 4 nitrogen and oxygen atoms in total. The molecule has 1 aliphatic heterocycles. The van der Waals surface area contributed by atoms with Crippen LogP contribution in [-0.2, 0) is 0 Å². The highest BCUT2D eigenvalue weighted by atomic mass is 16.2. The normalized spacial score (nSPS) is 22.9. The van der Waals surface area contributed by atoms with E-state index in [2.05, 4.69) is 31.3 Å². The van der Waals surface area contributed by atoms with Gasteiger partial charge in [0.2, 0.25) is 0 Å². The standard InChI is InChI=1S/C16H25N3O/c1-12(2)14-11-19(16(20)18(3)4)15(10-17-14)13-8-6-5-7-9-13/h5-9,12,14-15,17H,10-11H2,1-4H3. The number of benzene rings is 1. The van der Waals surface area contributed by atoms with Gasteiger partial charge in [0.05, 0.1) is 6.04 Å². The van der Waals surface area contributed by atoms with Crippen molar-refractivity contribution in [2.45, 2.75) is 25.9 Å². The number of nitrogens with zero attached hydrogens (tertiary/aromatic N) is 2. The van der Waals surface area contributed by atoms with Crippen LogP contribution in [0.1, 0.15) is 25.5 Å². The van der Waals surface area contributed by atoms with Gasteiger partial charge in [-0.15, -0.1) is 0 Å². The molecule has 1 heterocycles. The molecule has 0 radical (unpaired) electrons. The Balaban J connectivity index is 2.24. The number of hydrogen-bond donors (Lipinski definition) is 1. The summed E-state index contributed by atoms with van der Waals surface area (Å²) in [5, 5.41) is 3.58. The zero-order valence-corrected chi connectivity index (χ0v) is 12.8. The van der Waals surface area contributed by atoms with Crippen molar-refractivity contribution in [3.63, 3.8) is 0 Å². The Morgan fingerprint density at radius 3 is 2.50 bits per heavy atom. The number of nitrogens with one attached hydrogen (secondary N) is 1. The fraction of sp³-hybridized carbons (Fsp3) is 0.562. The Labute approximate surface area is 121 Å². The quantitative estimate of drug-likeness (QED) is 0.899. The molecule has 1 aliphatic rings. The monoisotopic (exact) mass is 275 g/mol. The number of urea groups is 1. The summed E-state index contributed by atoms with van der Waals surface area (Å²) in [5.74, 6) is 0.518. The Kier molecular flexibility index (Phi) is 4.65. The number of carbonyl (C=O) groups excluding carboxylic acids is 1. The number of piperazine rings is 1. The number of amides is 2. The molecule has 2 unspecified atom stereocenters. The van der Waals surface area contributed by atoms with Crippen molar-refractivity contribution in [3.05, 3.63) is 35.9 Å². The van der Waals surface area contributed by atoms with Crippen LogP contribution in [0.4, 0.5) is 4.79 Å². The first-order valence-electron chi connectivity index (χ1n) is 7.27. The summed E-state index contributed by atoms with van der Waals surface area (Å²) in [7, 11) is 3.63. The third kappa shape index (κ3) is 3.12. The van der Waals surface area contributed by atoms with Crippen LogP contribution in [-0.4, -0.2) is 49.1 Å². The maximum absolute atomic E-state index is 12.5. The summed E-state index contributed by atoms with van der Waals surface area (Å²) >= 11 is 0. The molecular weight excluding hydrogens is 250 g/mol. The molecule has 1 aromatic rings. The van der Waals surface area contributed by atoms with E-state index < -0.39 is 0 Å². The van der Waals surface area contributed by atoms with Gasteiger partial charge >= 0.3 is 6.03 Å². The molecule has 1 fully saturated rings. The summed E-state index contributed by atoms with van der Waals surface area (Å²) in [6.07, 6.45) is 0. The van der Waals surface area contributed by atoms with E-state index in [0.29, 0.717) is 12.0 Å². The molecular formula is C16H25N3O. The first-order valence-corrected chi connectivity index (χ1v) is 7.27. The average Bonchev–Trinajstić information content (AvgIpc) is 2.46. The van der Waals surface area contributed by atoms with Crippen LogP contribution in [0.3, 0.4) is 0 Å². The van der Waals surface area contributed by atoms with E-state index in [-0.39, 0.29) is 12.1 Å². The van der Waals surface area contributed by atoms with Crippen molar-refractivity contribution in [1.82, 2.24) is 15.1 Å². The molecule has 0 saturated carbocycles. The van der Waals surface area contributed by atoms with Crippen molar-refractivity contribution in [3.8, 4) is 0 Å². The molecule has 1 N–H and O–H groups in total. The highest BCUT2D eigenvalue weighted by molar-refractivity contribution is 5.74. The summed E-state index contributed by atoms with van der Waals surface area (Å²) in [4.78, 5) is 16.1. The van der Waals surface area contributed by atoms with Gasteiger partial charge in [0.1, 0.15) is 0 Å². The van der Waals surface area contributed by atoms with Gasteiger partial charge in [-0.2, -0.15) is 0 Å². The Morgan fingerprint density at radius 1 is 1.30 bits per heavy atom. The van der Waals surface area contributed by atoms with Gasteiger partial charge in [-0.3, -0.25) is 0 Å². The molecule has 0 bridgehead atoms. The van der Waals surface area contributed by atoms with Gasteiger partial charge in [0.25, 0.3) is 0 Å². The largest absolute Gasteiger partial charge is 0.331 e. The molecule has 20 heavy (non-hydrogen) atoms. The first kappa shape index (κ1) is 14.9. The van der Waals surface area contributed by atoms with Crippen LogP contribution in [0, 0.1) is 5.92 Å². The minimum atomic E-state index is 0.0889. The van der Waals surface area contributed by atoms with Gasteiger partial charge in [-0.05, 0) is 11.5 Å². The minimum Gasteiger partial charge on any atom is -0.331 e. The summed E-state index contributed by atoms with van der Waals surface area (Å²) in [6.45, 7) is 5.96. The van der Waals surface area contributed by atoms with Crippen molar-refractivity contribution >= 4 is 6.03 Å². The van der Waals surface area contributed by atoms with Crippen LogP contribution in [0.5, 0.6) is 0 Å². The van der Waals surface area contributed by atoms with E-state index in [9.17, 15) is 4.79 Å². The van der Waals surface area contributed by atoms with Gasteiger partial charge in [0, 0.05) is 33.2 Å². The Bertz CT molecular complexity index is 444. The highest BCUT2D eigenvalue weighted by Gasteiger charge is 2.33. The molecule has 0 spiro atoms. The van der Waals surface area contributed by atoms with Crippen LogP contribution >= 0.6 is 0 Å². The maximum Gasteiger partial charge on any atom is 0.320 e. The van der Waals surface area contributed by atoms with Crippen LogP contribution in [0.25, 0.3) is 0 Å². The van der Waals surface area contributed by atoms with Crippen molar-refractivity contribution in [2.75, 3.05) is 27.2 Å². The second-order valence-electron chi connectivity index (χ2n) is 6.01. The van der Waals surface area contributed by atoms with Crippen LogP contribution in [0.15, 0.2) is 30.3 Å². The SMILES string of the molecule is CC(C)C1CN(C(=O)N(C)C)C(c2ccccc2)CN1. The maximum atomic E-state index is 12.5. The van der Waals surface area contributed by atoms with Crippen LogP contribution < -0.4 is 5.32 Å². The van der Waals surface area contributed by atoms with E-state index in [4.69, 9.17) is 0 Å². The smallest absolute Gasteiger partial charge is 0.320 e. The van der Waals surface area contributed by atoms with Gasteiger partial charge in [0.15, 0.2) is 0 Å². The first-order chi connectivity index (χ1) is 9.50. The third-order valence-electron chi connectivity index (χ3n) is 3.96. The predicted molar refractivity (Wildman–Crippen MR) is 81.6 cm³/mol. The molecule has 1 aromatic carbocycles. The fourth-order valence-corrected chi connectivity index (χ4v) is 2.66. The van der Waals surface area contributed by atoms with Crippen molar-refractivity contribution in [1.29, 1.82) is 0 Å². The molecule has 0 aliphatic carbocycles. The highest BCUT2D eigenvalue weighted by Crippen LogP contribution is 2.26. The van der Waals surface area contributed by atoms with Crippen LogP contribution in [0.2, 0.25) is 0 Å². The third-order valence-corrected chi connectivity index (χ3v) is 3.96. The van der Waals surface area contributed by atoms with E-state index in [1.165, 1.54) is 5.56 Å². The van der Waals surface area contributed by atoms with E-state index in [1.807, 2.05) is 37.2 Å². The lowest BCUT2D eigenvalue weighted by Crippen LogP contribution is -2.57. The topological polar surface area (TPSA) is 35.6 Å². The lowest BCUT2D eigenvalue weighted by Gasteiger charge is -2.43. The van der Waals surface area contributed by atoms with E-state index in [0.717, 1.165) is 13.1 Å². The lowest BCUT2D eigenvalue weighted by atomic mass is 9.96. The Hall–Kier alpha value is -1.55. The molecule has 0 aromatic heterocycles.